The van der Waals surface area contributed by atoms with E-state index in [1.165, 1.54) is 36.9 Å². The Balaban J connectivity index is 1.99. The maximum absolute atomic E-state index is 9.07. The molecule has 3 heteroatoms. The van der Waals surface area contributed by atoms with Crippen molar-refractivity contribution in [2.45, 2.75) is 39.0 Å². The minimum absolute atomic E-state index is 0.337. The van der Waals surface area contributed by atoms with E-state index >= 15 is 0 Å². The summed E-state index contributed by atoms with van der Waals surface area (Å²) in [5, 5.41) is 9.07. The van der Waals surface area contributed by atoms with Gasteiger partial charge in [-0.05, 0) is 56.6 Å². The SMILES string of the molecule is COc1cc(N2CCCC(CCO)CCC2)ccc1C. The zero-order chi connectivity index (χ0) is 14.4. The van der Waals surface area contributed by atoms with Crippen LogP contribution in [-0.2, 0) is 0 Å². The number of aryl methyl sites for hydroxylation is 1. The molecule has 1 heterocycles. The number of rotatable bonds is 4. The van der Waals surface area contributed by atoms with Gasteiger partial charge in [-0.1, -0.05) is 6.07 Å². The van der Waals surface area contributed by atoms with E-state index in [-0.39, 0.29) is 0 Å². The molecule has 1 aliphatic rings. The fourth-order valence-electron chi connectivity index (χ4n) is 3.13. The topological polar surface area (TPSA) is 32.7 Å². The monoisotopic (exact) mass is 277 g/mol. The maximum Gasteiger partial charge on any atom is 0.123 e. The molecular formula is C17H27NO2. The highest BCUT2D eigenvalue weighted by atomic mass is 16.5. The Hall–Kier alpha value is -1.22. The number of benzene rings is 1. The predicted octanol–water partition coefficient (Wildman–Crippen LogP) is 3.38. The molecule has 0 amide bonds. The van der Waals surface area contributed by atoms with Gasteiger partial charge in [-0.15, -0.1) is 0 Å². The smallest absolute Gasteiger partial charge is 0.123 e. The largest absolute Gasteiger partial charge is 0.496 e. The Labute approximate surface area is 122 Å². The van der Waals surface area contributed by atoms with Gasteiger partial charge in [0.25, 0.3) is 0 Å². The van der Waals surface area contributed by atoms with Crippen molar-refractivity contribution < 1.29 is 9.84 Å². The highest BCUT2D eigenvalue weighted by Crippen LogP contribution is 2.28. The minimum Gasteiger partial charge on any atom is -0.496 e. The van der Waals surface area contributed by atoms with Crippen molar-refractivity contribution in [3.05, 3.63) is 23.8 Å². The minimum atomic E-state index is 0.337. The normalized spacial score (nSPS) is 17.6. The summed E-state index contributed by atoms with van der Waals surface area (Å²) in [4.78, 5) is 2.47. The molecule has 0 saturated carbocycles. The Bertz CT molecular complexity index is 409. The van der Waals surface area contributed by atoms with Crippen LogP contribution in [0.1, 0.15) is 37.7 Å². The van der Waals surface area contributed by atoms with E-state index in [0.717, 1.165) is 31.2 Å². The first kappa shape index (κ1) is 15.2. The average molecular weight is 277 g/mol. The van der Waals surface area contributed by atoms with Crippen LogP contribution in [0.5, 0.6) is 5.75 Å². The molecule has 0 aromatic heterocycles. The fraction of sp³-hybridized carbons (Fsp3) is 0.647. The second-order valence-electron chi connectivity index (χ2n) is 5.80. The number of aliphatic hydroxyl groups is 1. The van der Waals surface area contributed by atoms with E-state index in [9.17, 15) is 0 Å². The third kappa shape index (κ3) is 3.89. The number of aliphatic hydroxyl groups excluding tert-OH is 1. The van der Waals surface area contributed by atoms with Crippen LogP contribution in [0.2, 0.25) is 0 Å². The number of anilines is 1. The summed E-state index contributed by atoms with van der Waals surface area (Å²) in [6.45, 7) is 4.63. The molecule has 1 aromatic rings. The van der Waals surface area contributed by atoms with Crippen LogP contribution in [0.3, 0.4) is 0 Å². The van der Waals surface area contributed by atoms with Gasteiger partial charge in [-0.2, -0.15) is 0 Å². The fourth-order valence-corrected chi connectivity index (χ4v) is 3.13. The number of nitrogens with zero attached hydrogens (tertiary/aromatic N) is 1. The van der Waals surface area contributed by atoms with E-state index in [0.29, 0.717) is 6.61 Å². The lowest BCUT2D eigenvalue weighted by Gasteiger charge is -2.30. The molecule has 0 spiro atoms. The molecule has 1 fully saturated rings. The predicted molar refractivity (Wildman–Crippen MR) is 83.6 cm³/mol. The maximum atomic E-state index is 9.07. The standard InChI is InChI=1S/C17H27NO2/c1-14-7-8-16(13-17(14)20-2)18-10-3-5-15(9-12-19)6-4-11-18/h7-8,13,15,19H,3-6,9-12H2,1-2H3. The third-order valence-corrected chi connectivity index (χ3v) is 4.37. The first-order valence-electron chi connectivity index (χ1n) is 7.75. The molecule has 0 bridgehead atoms. The molecule has 0 atom stereocenters. The second-order valence-corrected chi connectivity index (χ2v) is 5.80. The van der Waals surface area contributed by atoms with Crippen molar-refractivity contribution in [1.29, 1.82) is 0 Å². The Morgan fingerprint density at radius 2 is 1.95 bits per heavy atom. The lowest BCUT2D eigenvalue weighted by Crippen LogP contribution is -2.28. The summed E-state index contributed by atoms with van der Waals surface area (Å²) >= 11 is 0. The van der Waals surface area contributed by atoms with E-state index < -0.39 is 0 Å². The van der Waals surface area contributed by atoms with Crippen molar-refractivity contribution in [3.8, 4) is 5.75 Å². The average Bonchev–Trinajstić information content (AvgIpc) is 2.42. The van der Waals surface area contributed by atoms with Gasteiger partial charge in [0.1, 0.15) is 5.75 Å². The van der Waals surface area contributed by atoms with Gasteiger partial charge in [0.15, 0.2) is 0 Å². The van der Waals surface area contributed by atoms with Crippen LogP contribution in [0.15, 0.2) is 18.2 Å². The van der Waals surface area contributed by atoms with Gasteiger partial charge in [0.2, 0.25) is 0 Å². The van der Waals surface area contributed by atoms with E-state index in [2.05, 4.69) is 30.0 Å². The van der Waals surface area contributed by atoms with Gasteiger partial charge in [-0.3, -0.25) is 0 Å². The molecule has 0 unspecified atom stereocenters. The summed E-state index contributed by atoms with van der Waals surface area (Å²) in [6.07, 6.45) is 5.86. The van der Waals surface area contributed by atoms with Crippen molar-refractivity contribution in [2.75, 3.05) is 31.7 Å². The summed E-state index contributed by atoms with van der Waals surface area (Å²) in [5.41, 5.74) is 2.46. The first-order chi connectivity index (χ1) is 9.74. The summed E-state index contributed by atoms with van der Waals surface area (Å²) in [5.74, 6) is 1.69. The van der Waals surface area contributed by atoms with Crippen LogP contribution in [0, 0.1) is 12.8 Å². The lowest BCUT2D eigenvalue weighted by molar-refractivity contribution is 0.241. The van der Waals surface area contributed by atoms with Crippen molar-refractivity contribution in [1.82, 2.24) is 0 Å². The Morgan fingerprint density at radius 3 is 2.55 bits per heavy atom. The molecule has 112 valence electrons. The van der Waals surface area contributed by atoms with Crippen LogP contribution >= 0.6 is 0 Å². The molecule has 1 saturated heterocycles. The van der Waals surface area contributed by atoms with Crippen LogP contribution in [0.25, 0.3) is 0 Å². The van der Waals surface area contributed by atoms with Gasteiger partial charge in [0, 0.05) is 31.5 Å². The first-order valence-corrected chi connectivity index (χ1v) is 7.75. The molecule has 1 aromatic carbocycles. The van der Waals surface area contributed by atoms with Crippen molar-refractivity contribution >= 4 is 5.69 Å². The molecule has 1 aliphatic heterocycles. The van der Waals surface area contributed by atoms with Crippen molar-refractivity contribution in [2.24, 2.45) is 5.92 Å². The van der Waals surface area contributed by atoms with Crippen LogP contribution in [-0.4, -0.2) is 31.9 Å². The second kappa shape index (κ2) is 7.53. The highest BCUT2D eigenvalue weighted by molar-refractivity contribution is 5.53. The quantitative estimate of drug-likeness (QED) is 0.915. The third-order valence-electron chi connectivity index (χ3n) is 4.37. The molecule has 20 heavy (non-hydrogen) atoms. The number of methoxy groups -OCH3 is 1. The van der Waals surface area contributed by atoms with E-state index in [1.807, 2.05) is 0 Å². The van der Waals surface area contributed by atoms with E-state index in [1.54, 1.807) is 7.11 Å². The molecule has 2 rings (SSSR count). The molecule has 1 N–H and O–H groups in total. The van der Waals surface area contributed by atoms with Gasteiger partial charge in [-0.25, -0.2) is 0 Å². The Kier molecular flexibility index (Phi) is 5.72. The number of hydrogen-bond donors (Lipinski definition) is 1. The van der Waals surface area contributed by atoms with Gasteiger partial charge < -0.3 is 14.7 Å². The highest BCUT2D eigenvalue weighted by Gasteiger charge is 2.15. The molecule has 0 aliphatic carbocycles. The number of hydrogen-bond acceptors (Lipinski definition) is 3. The van der Waals surface area contributed by atoms with Crippen LogP contribution in [0.4, 0.5) is 5.69 Å². The zero-order valence-electron chi connectivity index (χ0n) is 12.8. The van der Waals surface area contributed by atoms with Crippen molar-refractivity contribution in [3.63, 3.8) is 0 Å². The summed E-state index contributed by atoms with van der Waals surface area (Å²) in [7, 11) is 1.74. The molecule has 3 nitrogen and oxygen atoms in total. The Morgan fingerprint density at radius 1 is 1.25 bits per heavy atom. The summed E-state index contributed by atoms with van der Waals surface area (Å²) < 4.78 is 5.43. The number of ether oxygens (including phenoxy) is 1. The van der Waals surface area contributed by atoms with E-state index in [4.69, 9.17) is 9.84 Å². The van der Waals surface area contributed by atoms with Gasteiger partial charge in [0.05, 0.1) is 7.11 Å². The summed E-state index contributed by atoms with van der Waals surface area (Å²) in [6, 6.07) is 6.49. The lowest BCUT2D eigenvalue weighted by atomic mass is 9.92. The molecule has 0 radical (unpaired) electrons. The zero-order valence-corrected chi connectivity index (χ0v) is 12.8. The van der Waals surface area contributed by atoms with Crippen LogP contribution < -0.4 is 9.64 Å². The van der Waals surface area contributed by atoms with Gasteiger partial charge >= 0.3 is 0 Å². The molecular weight excluding hydrogens is 250 g/mol.